The van der Waals surface area contributed by atoms with Gasteiger partial charge in [-0.25, -0.2) is 13.8 Å². The van der Waals surface area contributed by atoms with Crippen molar-refractivity contribution in [2.24, 2.45) is 0 Å². The highest BCUT2D eigenvalue weighted by Gasteiger charge is 2.23. The van der Waals surface area contributed by atoms with Crippen molar-refractivity contribution in [3.63, 3.8) is 0 Å². The number of carbonyl (C=O) groups is 1. The lowest BCUT2D eigenvalue weighted by Gasteiger charge is -2.05. The number of anilines is 1. The molecule has 27 heavy (non-hydrogen) atoms. The van der Waals surface area contributed by atoms with Crippen LogP contribution in [0.4, 0.5) is 19.6 Å². The Morgan fingerprint density at radius 3 is 2.74 bits per heavy atom. The zero-order valence-electron chi connectivity index (χ0n) is 14.0. The number of nitro groups is 1. The molecule has 1 aromatic heterocycles. The molecule has 0 spiro atoms. The van der Waals surface area contributed by atoms with Gasteiger partial charge in [-0.3, -0.25) is 20.2 Å². The Bertz CT molecular complexity index is 1040. The van der Waals surface area contributed by atoms with Gasteiger partial charge < -0.3 is 0 Å². The first-order valence-electron chi connectivity index (χ1n) is 7.79. The zero-order chi connectivity index (χ0) is 19.6. The van der Waals surface area contributed by atoms with Crippen molar-refractivity contribution in [3.8, 4) is 0 Å². The van der Waals surface area contributed by atoms with Crippen molar-refractivity contribution in [1.82, 2.24) is 4.98 Å². The Morgan fingerprint density at radius 2 is 2.04 bits per heavy atom. The van der Waals surface area contributed by atoms with Gasteiger partial charge in [0.2, 0.25) is 0 Å². The number of nitrogens with one attached hydrogen (secondary N) is 1. The number of nitro benzene ring substituents is 1. The molecule has 1 heterocycles. The molecule has 1 amide bonds. The second kappa shape index (κ2) is 7.58. The Kier molecular flexibility index (Phi) is 5.22. The lowest BCUT2D eigenvalue weighted by Crippen LogP contribution is -2.14. The second-order valence-corrected chi connectivity index (χ2v) is 6.85. The highest BCUT2D eigenvalue weighted by molar-refractivity contribution is 7.15. The van der Waals surface area contributed by atoms with Crippen molar-refractivity contribution in [2.75, 3.05) is 5.32 Å². The molecule has 0 aliphatic carbocycles. The number of para-hydroxylation sites is 1. The van der Waals surface area contributed by atoms with Crippen LogP contribution in [0.3, 0.4) is 0 Å². The van der Waals surface area contributed by atoms with Crippen LogP contribution in [0.25, 0.3) is 0 Å². The van der Waals surface area contributed by atoms with Gasteiger partial charge in [0.25, 0.3) is 11.6 Å². The highest BCUT2D eigenvalue weighted by atomic mass is 32.1. The van der Waals surface area contributed by atoms with E-state index in [4.69, 9.17) is 0 Å². The molecular weight excluding hydrogens is 376 g/mol. The zero-order valence-corrected chi connectivity index (χ0v) is 14.8. The molecule has 0 unspecified atom stereocenters. The van der Waals surface area contributed by atoms with Gasteiger partial charge in [0, 0.05) is 23.1 Å². The third kappa shape index (κ3) is 4.14. The molecule has 0 saturated heterocycles. The van der Waals surface area contributed by atoms with Gasteiger partial charge in [-0.05, 0) is 30.7 Å². The van der Waals surface area contributed by atoms with Gasteiger partial charge in [-0.15, -0.1) is 11.3 Å². The van der Waals surface area contributed by atoms with E-state index in [1.54, 1.807) is 19.1 Å². The third-order valence-electron chi connectivity index (χ3n) is 3.80. The van der Waals surface area contributed by atoms with Crippen molar-refractivity contribution in [2.45, 2.75) is 13.3 Å². The minimum absolute atomic E-state index is 0.0580. The van der Waals surface area contributed by atoms with Gasteiger partial charge in [0.05, 0.1) is 4.92 Å². The predicted octanol–water partition coefficient (Wildman–Crippen LogP) is 4.48. The molecule has 2 aromatic carbocycles. The van der Waals surface area contributed by atoms with Gasteiger partial charge >= 0.3 is 0 Å². The number of hydrogen-bond donors (Lipinski definition) is 1. The number of thiazole rings is 1. The quantitative estimate of drug-likeness (QED) is 0.515. The molecular formula is C18H13F2N3O3S. The van der Waals surface area contributed by atoms with Crippen LogP contribution in [0.15, 0.2) is 42.6 Å². The molecule has 3 aromatic rings. The standard InChI is InChI=1S/C18H13F2N3O3S/c1-10-3-2-4-13(16(10)23(25)26)17(24)22-18-21-9-12(27-18)7-11-5-6-14(19)15(20)8-11/h2-6,8-9H,7H2,1H3,(H,21,22,24). The number of aromatic nitrogens is 1. The number of rotatable bonds is 5. The molecule has 9 heteroatoms. The first-order valence-corrected chi connectivity index (χ1v) is 8.61. The fraction of sp³-hybridized carbons (Fsp3) is 0.111. The first kappa shape index (κ1) is 18.6. The Balaban J connectivity index is 1.76. The third-order valence-corrected chi connectivity index (χ3v) is 4.71. The number of halogens is 2. The van der Waals surface area contributed by atoms with E-state index in [0.29, 0.717) is 17.5 Å². The largest absolute Gasteiger partial charge is 0.298 e. The van der Waals surface area contributed by atoms with E-state index in [2.05, 4.69) is 10.3 Å². The van der Waals surface area contributed by atoms with Crippen LogP contribution in [-0.4, -0.2) is 15.8 Å². The van der Waals surface area contributed by atoms with Crippen LogP contribution >= 0.6 is 11.3 Å². The Hall–Kier alpha value is -3.20. The molecule has 3 rings (SSSR count). The number of amides is 1. The lowest BCUT2D eigenvalue weighted by molar-refractivity contribution is -0.385. The van der Waals surface area contributed by atoms with Gasteiger partial charge in [-0.2, -0.15) is 0 Å². The van der Waals surface area contributed by atoms with Crippen molar-refractivity contribution < 1.29 is 18.5 Å². The van der Waals surface area contributed by atoms with Crippen LogP contribution in [-0.2, 0) is 6.42 Å². The first-order chi connectivity index (χ1) is 12.8. The smallest absolute Gasteiger partial charge is 0.285 e. The van der Waals surface area contributed by atoms with Crippen LogP contribution in [0.1, 0.15) is 26.4 Å². The predicted molar refractivity (Wildman–Crippen MR) is 97.1 cm³/mol. The van der Waals surface area contributed by atoms with Crippen LogP contribution in [0, 0.1) is 28.7 Å². The van der Waals surface area contributed by atoms with E-state index >= 15 is 0 Å². The van der Waals surface area contributed by atoms with E-state index in [1.807, 2.05) is 0 Å². The molecule has 6 nitrogen and oxygen atoms in total. The summed E-state index contributed by atoms with van der Waals surface area (Å²) in [6.07, 6.45) is 1.82. The maximum absolute atomic E-state index is 13.3. The molecule has 0 fully saturated rings. The molecule has 0 bridgehead atoms. The lowest BCUT2D eigenvalue weighted by atomic mass is 10.1. The number of hydrogen-bond acceptors (Lipinski definition) is 5. The molecule has 0 aliphatic rings. The van der Waals surface area contributed by atoms with Crippen molar-refractivity contribution >= 4 is 28.1 Å². The number of nitrogens with zero attached hydrogens (tertiary/aromatic N) is 2. The van der Waals surface area contributed by atoms with E-state index < -0.39 is 22.5 Å². The molecule has 0 aliphatic heterocycles. The van der Waals surface area contributed by atoms with Crippen LogP contribution in [0.5, 0.6) is 0 Å². The number of carbonyl (C=O) groups excluding carboxylic acids is 1. The topological polar surface area (TPSA) is 85.1 Å². The van der Waals surface area contributed by atoms with E-state index in [1.165, 1.54) is 18.3 Å². The molecule has 0 atom stereocenters. The van der Waals surface area contributed by atoms with E-state index in [-0.39, 0.29) is 16.4 Å². The second-order valence-electron chi connectivity index (χ2n) is 5.74. The molecule has 0 saturated carbocycles. The van der Waals surface area contributed by atoms with Gasteiger partial charge in [-0.1, -0.05) is 18.2 Å². The summed E-state index contributed by atoms with van der Waals surface area (Å²) < 4.78 is 26.3. The molecule has 0 radical (unpaired) electrons. The fourth-order valence-corrected chi connectivity index (χ4v) is 3.39. The van der Waals surface area contributed by atoms with E-state index in [0.717, 1.165) is 28.3 Å². The summed E-state index contributed by atoms with van der Waals surface area (Å²) in [4.78, 5) is 27.8. The monoisotopic (exact) mass is 389 g/mol. The SMILES string of the molecule is Cc1cccc(C(=O)Nc2ncc(Cc3ccc(F)c(F)c3)s2)c1[N+](=O)[O-]. The summed E-state index contributed by atoms with van der Waals surface area (Å²) in [5, 5.41) is 14.0. The van der Waals surface area contributed by atoms with Crippen molar-refractivity contribution in [1.29, 1.82) is 0 Å². The van der Waals surface area contributed by atoms with Gasteiger partial charge in [0.1, 0.15) is 5.56 Å². The summed E-state index contributed by atoms with van der Waals surface area (Å²) in [6, 6.07) is 8.10. The minimum Gasteiger partial charge on any atom is -0.298 e. The highest BCUT2D eigenvalue weighted by Crippen LogP contribution is 2.26. The molecule has 138 valence electrons. The maximum Gasteiger partial charge on any atom is 0.285 e. The van der Waals surface area contributed by atoms with Crippen LogP contribution in [0.2, 0.25) is 0 Å². The summed E-state index contributed by atoms with van der Waals surface area (Å²) in [6.45, 7) is 1.55. The van der Waals surface area contributed by atoms with Gasteiger partial charge in [0.15, 0.2) is 16.8 Å². The summed E-state index contributed by atoms with van der Waals surface area (Å²) in [5.41, 5.74) is 0.626. The average molecular weight is 389 g/mol. The van der Waals surface area contributed by atoms with E-state index in [9.17, 15) is 23.7 Å². The maximum atomic E-state index is 13.3. The Labute approximate surface area is 156 Å². The van der Waals surface area contributed by atoms with Crippen LogP contribution < -0.4 is 5.32 Å². The summed E-state index contributed by atoms with van der Waals surface area (Å²) in [7, 11) is 0. The number of benzene rings is 2. The summed E-state index contributed by atoms with van der Waals surface area (Å²) in [5.74, 6) is -2.49. The fourth-order valence-electron chi connectivity index (χ4n) is 2.55. The number of aryl methyl sites for hydroxylation is 1. The normalized spacial score (nSPS) is 10.6. The Morgan fingerprint density at radius 1 is 1.26 bits per heavy atom. The summed E-state index contributed by atoms with van der Waals surface area (Å²) >= 11 is 1.15. The minimum atomic E-state index is -0.933. The average Bonchev–Trinajstić information content (AvgIpc) is 3.04. The molecule has 1 N–H and O–H groups in total. The van der Waals surface area contributed by atoms with Crippen molar-refractivity contribution in [3.05, 3.63) is 85.9 Å².